The Morgan fingerprint density at radius 2 is 1.61 bits per heavy atom. The number of pyridine rings is 1. The first-order chi connectivity index (χ1) is 17.7. The highest BCUT2D eigenvalue weighted by Gasteiger charge is 2.32. The van der Waals surface area contributed by atoms with E-state index in [1.807, 2.05) is 18.2 Å². The molecule has 2 aliphatic heterocycles. The van der Waals surface area contributed by atoms with Gasteiger partial charge in [0.2, 0.25) is 0 Å². The number of carbonyl (C=O) groups excluding carboxylic acids is 1. The molecule has 5 nitrogen and oxygen atoms in total. The second-order valence-electron chi connectivity index (χ2n) is 10.3. The highest BCUT2D eigenvalue weighted by molar-refractivity contribution is 5.95. The molecule has 0 aliphatic carbocycles. The molecule has 0 N–H and O–H groups in total. The monoisotopic (exact) mass is 482 g/mol. The van der Waals surface area contributed by atoms with Gasteiger partial charge in [-0.25, -0.2) is 4.98 Å². The molecule has 1 aromatic heterocycles. The summed E-state index contributed by atoms with van der Waals surface area (Å²) in [5, 5.41) is 0. The van der Waals surface area contributed by atoms with E-state index in [-0.39, 0.29) is 5.91 Å². The van der Waals surface area contributed by atoms with E-state index in [0.29, 0.717) is 6.04 Å². The number of carbonyl (C=O) groups is 1. The number of nitrogens with zero attached hydrogens (tertiary/aromatic N) is 4. The fourth-order valence-electron chi connectivity index (χ4n) is 5.56. The molecule has 1 amide bonds. The van der Waals surface area contributed by atoms with E-state index in [0.717, 1.165) is 62.4 Å². The Bertz CT molecular complexity index is 1130. The van der Waals surface area contributed by atoms with E-state index in [4.69, 9.17) is 4.98 Å². The average molecular weight is 483 g/mol. The van der Waals surface area contributed by atoms with Gasteiger partial charge < -0.3 is 14.7 Å². The first kappa shape index (κ1) is 24.5. The smallest absolute Gasteiger partial charge is 0.254 e. The van der Waals surface area contributed by atoms with Crippen LogP contribution in [0.2, 0.25) is 0 Å². The summed E-state index contributed by atoms with van der Waals surface area (Å²) in [6, 6.07) is 25.3. The number of likely N-dealkylation sites (tertiary alicyclic amines) is 2. The topological polar surface area (TPSA) is 39.7 Å². The second-order valence-corrected chi connectivity index (χ2v) is 10.3. The Kier molecular flexibility index (Phi) is 7.97. The first-order valence-corrected chi connectivity index (χ1v) is 13.5. The van der Waals surface area contributed by atoms with E-state index in [1.54, 1.807) is 0 Å². The van der Waals surface area contributed by atoms with Crippen LogP contribution in [0.1, 0.15) is 52.9 Å². The van der Waals surface area contributed by atoms with Gasteiger partial charge in [0.25, 0.3) is 5.91 Å². The Balaban J connectivity index is 1.37. The number of likely N-dealkylation sites (N-methyl/N-ethyl adjacent to an activating group) is 1. The number of hydrogen-bond donors (Lipinski definition) is 0. The molecule has 0 unspecified atom stereocenters. The quantitative estimate of drug-likeness (QED) is 0.428. The van der Waals surface area contributed by atoms with Gasteiger partial charge in [0, 0.05) is 50.4 Å². The number of benzene rings is 2. The molecular formula is C31H38N4O. The van der Waals surface area contributed by atoms with Crippen LogP contribution in [0.15, 0.2) is 72.8 Å². The summed E-state index contributed by atoms with van der Waals surface area (Å²) in [4.78, 5) is 25.7. The first-order valence-electron chi connectivity index (χ1n) is 13.5. The van der Waals surface area contributed by atoms with E-state index >= 15 is 0 Å². The van der Waals surface area contributed by atoms with Crippen LogP contribution in [0.4, 0.5) is 5.82 Å². The number of hydrogen-bond acceptors (Lipinski definition) is 4. The zero-order valence-electron chi connectivity index (χ0n) is 21.5. The van der Waals surface area contributed by atoms with Gasteiger partial charge in [-0.05, 0) is 68.5 Å². The van der Waals surface area contributed by atoms with Gasteiger partial charge in [-0.2, -0.15) is 0 Å². The Labute approximate surface area is 215 Å². The molecule has 2 saturated heterocycles. The van der Waals surface area contributed by atoms with Crippen molar-refractivity contribution in [1.29, 1.82) is 0 Å². The molecule has 2 fully saturated rings. The highest BCUT2D eigenvalue weighted by Crippen LogP contribution is 2.25. The van der Waals surface area contributed by atoms with Gasteiger partial charge in [-0.1, -0.05) is 60.7 Å². The molecule has 1 atom stereocenters. The van der Waals surface area contributed by atoms with Crippen molar-refractivity contribution in [2.45, 2.75) is 44.6 Å². The van der Waals surface area contributed by atoms with Crippen LogP contribution in [0.5, 0.6) is 0 Å². The summed E-state index contributed by atoms with van der Waals surface area (Å²) >= 11 is 0. The van der Waals surface area contributed by atoms with Crippen LogP contribution in [-0.4, -0.2) is 66.5 Å². The third kappa shape index (κ3) is 6.14. The van der Waals surface area contributed by atoms with E-state index in [2.05, 4.69) is 76.3 Å². The van der Waals surface area contributed by atoms with Gasteiger partial charge >= 0.3 is 0 Å². The predicted molar refractivity (Wildman–Crippen MR) is 147 cm³/mol. The van der Waals surface area contributed by atoms with Gasteiger partial charge in [0.05, 0.1) is 0 Å². The third-order valence-corrected chi connectivity index (χ3v) is 7.62. The Morgan fingerprint density at radius 3 is 2.33 bits per heavy atom. The molecule has 2 aliphatic rings. The van der Waals surface area contributed by atoms with Crippen molar-refractivity contribution in [3.05, 3.63) is 95.2 Å². The van der Waals surface area contributed by atoms with Crippen molar-refractivity contribution in [3.63, 3.8) is 0 Å². The van der Waals surface area contributed by atoms with Crippen LogP contribution in [-0.2, 0) is 12.8 Å². The van der Waals surface area contributed by atoms with Gasteiger partial charge in [0.1, 0.15) is 5.82 Å². The van der Waals surface area contributed by atoms with Crippen molar-refractivity contribution in [3.8, 4) is 0 Å². The van der Waals surface area contributed by atoms with Gasteiger partial charge in [-0.15, -0.1) is 0 Å². The Morgan fingerprint density at radius 1 is 0.917 bits per heavy atom. The minimum atomic E-state index is 0.158. The molecule has 3 aromatic rings. The summed E-state index contributed by atoms with van der Waals surface area (Å²) in [6.07, 6.45) is 6.43. The SMILES string of the molecule is CN(CCc1ccccc1)c1cc(C(=O)N2CCC[C@H]2CN2CCCC2)cc(Cc2ccccc2)n1. The largest absolute Gasteiger partial charge is 0.359 e. The number of aromatic nitrogens is 1. The summed E-state index contributed by atoms with van der Waals surface area (Å²) in [5.41, 5.74) is 4.23. The van der Waals surface area contributed by atoms with Crippen LogP contribution >= 0.6 is 0 Å². The highest BCUT2D eigenvalue weighted by atomic mass is 16.2. The predicted octanol–water partition coefficient (Wildman–Crippen LogP) is 5.05. The average Bonchev–Trinajstić information content (AvgIpc) is 3.60. The fraction of sp³-hybridized carbons (Fsp3) is 0.419. The molecular weight excluding hydrogens is 444 g/mol. The standard InChI is InChI=1S/C31H38N4O/c1-33(20-16-25-11-4-2-5-12-25)30-23-27(22-28(32-30)21-26-13-6-3-7-14-26)31(36)35-19-10-15-29(35)24-34-17-8-9-18-34/h2-7,11-14,22-23,29H,8-10,15-21,24H2,1H3/t29-/m0/s1. The summed E-state index contributed by atoms with van der Waals surface area (Å²) < 4.78 is 0. The van der Waals surface area contributed by atoms with E-state index < -0.39 is 0 Å². The summed E-state index contributed by atoms with van der Waals surface area (Å²) in [6.45, 7) is 5.06. The van der Waals surface area contributed by atoms with Crippen LogP contribution in [0.3, 0.4) is 0 Å². The number of amides is 1. The zero-order valence-corrected chi connectivity index (χ0v) is 21.5. The lowest BCUT2D eigenvalue weighted by molar-refractivity contribution is 0.0708. The molecule has 5 heteroatoms. The molecule has 0 saturated carbocycles. The molecule has 3 heterocycles. The lowest BCUT2D eigenvalue weighted by atomic mass is 10.1. The van der Waals surface area contributed by atoms with Crippen LogP contribution in [0.25, 0.3) is 0 Å². The zero-order chi connectivity index (χ0) is 24.7. The maximum Gasteiger partial charge on any atom is 0.254 e. The molecule has 2 aromatic carbocycles. The van der Waals surface area contributed by atoms with Gasteiger partial charge in [-0.3, -0.25) is 4.79 Å². The fourth-order valence-corrected chi connectivity index (χ4v) is 5.56. The summed E-state index contributed by atoms with van der Waals surface area (Å²) in [7, 11) is 2.08. The van der Waals surface area contributed by atoms with Crippen LogP contribution < -0.4 is 4.90 Å². The molecule has 188 valence electrons. The lowest BCUT2D eigenvalue weighted by Crippen LogP contribution is -2.42. The minimum absolute atomic E-state index is 0.158. The maximum absolute atomic E-state index is 13.9. The number of anilines is 1. The molecule has 0 radical (unpaired) electrons. The molecule has 5 rings (SSSR count). The molecule has 0 spiro atoms. The molecule has 36 heavy (non-hydrogen) atoms. The lowest BCUT2D eigenvalue weighted by Gasteiger charge is -2.29. The third-order valence-electron chi connectivity index (χ3n) is 7.62. The van der Waals surface area contributed by atoms with E-state index in [9.17, 15) is 4.79 Å². The van der Waals surface area contributed by atoms with Crippen molar-refractivity contribution < 1.29 is 4.79 Å². The number of rotatable bonds is 9. The molecule has 0 bridgehead atoms. The van der Waals surface area contributed by atoms with E-state index in [1.165, 1.54) is 37.1 Å². The van der Waals surface area contributed by atoms with Crippen molar-refractivity contribution in [2.24, 2.45) is 0 Å². The van der Waals surface area contributed by atoms with Crippen molar-refractivity contribution >= 4 is 11.7 Å². The maximum atomic E-state index is 13.9. The summed E-state index contributed by atoms with van der Waals surface area (Å²) in [5.74, 6) is 1.03. The van der Waals surface area contributed by atoms with Gasteiger partial charge in [0.15, 0.2) is 0 Å². The Hall–Kier alpha value is -3.18. The second kappa shape index (κ2) is 11.7. The minimum Gasteiger partial charge on any atom is -0.359 e. The normalized spacial score (nSPS) is 18.0. The van der Waals surface area contributed by atoms with Crippen molar-refractivity contribution in [1.82, 2.24) is 14.8 Å². The van der Waals surface area contributed by atoms with Crippen LogP contribution in [0, 0.1) is 0 Å². The van der Waals surface area contributed by atoms with Crippen molar-refractivity contribution in [2.75, 3.05) is 44.7 Å².